The van der Waals surface area contributed by atoms with E-state index in [2.05, 4.69) is 93.8 Å². The summed E-state index contributed by atoms with van der Waals surface area (Å²) in [4.78, 5) is 9.97. The maximum absolute atomic E-state index is 4.52. The normalized spacial score (nSPS) is 10.7. The second-order valence-electron chi connectivity index (χ2n) is 6.44. The van der Waals surface area contributed by atoms with E-state index in [0.717, 1.165) is 26.2 Å². The zero-order chi connectivity index (χ0) is 18.3. The Morgan fingerprint density at radius 3 is 2.44 bits per heavy atom. The number of hydrogen-bond acceptors (Lipinski definition) is 4. The van der Waals surface area contributed by atoms with Crippen molar-refractivity contribution in [3.63, 3.8) is 0 Å². The summed E-state index contributed by atoms with van der Waals surface area (Å²) in [5.74, 6) is 0.834. The van der Waals surface area contributed by atoms with Crippen molar-refractivity contribution in [3.05, 3.63) is 69.3 Å². The Hall–Kier alpha value is -1.95. The molecule has 0 aliphatic rings. The van der Waals surface area contributed by atoms with Gasteiger partial charge in [0.1, 0.15) is 17.0 Å². The molecule has 0 aliphatic carbocycles. The SMILES string of the molecule is Cc1ccc(-c2csc3ncnc(Nc4ccc(C)c(Br)c4)c23)cc1C.Cl. The Bertz CT molecular complexity index is 1120. The monoisotopic (exact) mass is 459 g/mol. The van der Waals surface area contributed by atoms with Crippen molar-refractivity contribution in [1.82, 2.24) is 9.97 Å². The number of nitrogens with one attached hydrogen (secondary N) is 1. The van der Waals surface area contributed by atoms with Gasteiger partial charge in [-0.05, 0) is 55.2 Å². The summed E-state index contributed by atoms with van der Waals surface area (Å²) < 4.78 is 1.08. The molecule has 1 N–H and O–H groups in total. The maximum Gasteiger partial charge on any atom is 0.143 e. The third kappa shape index (κ3) is 3.86. The van der Waals surface area contributed by atoms with E-state index in [1.54, 1.807) is 17.7 Å². The average molecular weight is 461 g/mol. The molecule has 0 amide bonds. The van der Waals surface area contributed by atoms with Crippen LogP contribution in [0.5, 0.6) is 0 Å². The summed E-state index contributed by atoms with van der Waals surface area (Å²) in [6, 6.07) is 12.8. The van der Waals surface area contributed by atoms with Gasteiger partial charge in [0.15, 0.2) is 0 Å². The first kappa shape index (κ1) is 19.8. The molecule has 2 aromatic carbocycles. The van der Waals surface area contributed by atoms with Gasteiger partial charge in [-0.2, -0.15) is 0 Å². The molecule has 2 heterocycles. The minimum Gasteiger partial charge on any atom is -0.340 e. The van der Waals surface area contributed by atoms with Crippen molar-refractivity contribution in [2.45, 2.75) is 20.8 Å². The number of hydrogen-bond donors (Lipinski definition) is 1. The topological polar surface area (TPSA) is 37.8 Å². The minimum absolute atomic E-state index is 0. The lowest BCUT2D eigenvalue weighted by Gasteiger charge is -2.10. The highest BCUT2D eigenvalue weighted by molar-refractivity contribution is 9.10. The molecular formula is C21H19BrClN3S. The molecular weight excluding hydrogens is 442 g/mol. The zero-order valence-electron chi connectivity index (χ0n) is 15.2. The van der Waals surface area contributed by atoms with Gasteiger partial charge in [-0.1, -0.05) is 40.2 Å². The van der Waals surface area contributed by atoms with Gasteiger partial charge in [0, 0.05) is 21.1 Å². The molecule has 27 heavy (non-hydrogen) atoms. The van der Waals surface area contributed by atoms with Crippen LogP contribution in [0.25, 0.3) is 21.3 Å². The van der Waals surface area contributed by atoms with Crippen LogP contribution < -0.4 is 5.32 Å². The summed E-state index contributed by atoms with van der Waals surface area (Å²) in [5.41, 5.74) is 7.15. The number of benzene rings is 2. The number of rotatable bonds is 3. The maximum atomic E-state index is 4.52. The van der Waals surface area contributed by atoms with Crippen molar-refractivity contribution in [3.8, 4) is 11.1 Å². The van der Waals surface area contributed by atoms with Gasteiger partial charge in [0.2, 0.25) is 0 Å². The molecule has 0 fully saturated rings. The van der Waals surface area contributed by atoms with Crippen LogP contribution in [0.1, 0.15) is 16.7 Å². The molecule has 4 rings (SSSR count). The summed E-state index contributed by atoms with van der Waals surface area (Å²) in [5, 5.41) is 6.70. The number of nitrogens with zero attached hydrogens (tertiary/aromatic N) is 2. The fourth-order valence-corrected chi connectivity index (χ4v) is 4.19. The summed E-state index contributed by atoms with van der Waals surface area (Å²) in [7, 11) is 0. The number of aromatic nitrogens is 2. The number of anilines is 2. The summed E-state index contributed by atoms with van der Waals surface area (Å²) >= 11 is 5.25. The molecule has 0 bridgehead atoms. The van der Waals surface area contributed by atoms with Crippen LogP contribution in [-0.2, 0) is 0 Å². The van der Waals surface area contributed by atoms with Crippen molar-refractivity contribution < 1.29 is 0 Å². The predicted octanol–water partition coefficient (Wildman–Crippen LogP) is 7.21. The molecule has 0 spiro atoms. The first-order valence-corrected chi connectivity index (χ1v) is 10.0. The molecule has 2 aromatic heterocycles. The highest BCUT2D eigenvalue weighted by Crippen LogP contribution is 2.38. The average Bonchev–Trinajstić information content (AvgIpc) is 3.06. The Morgan fingerprint density at radius 2 is 1.70 bits per heavy atom. The molecule has 4 aromatic rings. The lowest BCUT2D eigenvalue weighted by molar-refractivity contribution is 1.23. The fraction of sp³-hybridized carbons (Fsp3) is 0.143. The number of fused-ring (bicyclic) bond motifs is 1. The van der Waals surface area contributed by atoms with Crippen molar-refractivity contribution in [2.24, 2.45) is 0 Å². The van der Waals surface area contributed by atoms with Gasteiger partial charge in [-0.3, -0.25) is 0 Å². The highest BCUT2D eigenvalue weighted by atomic mass is 79.9. The highest BCUT2D eigenvalue weighted by Gasteiger charge is 2.14. The van der Waals surface area contributed by atoms with E-state index in [-0.39, 0.29) is 12.4 Å². The molecule has 0 unspecified atom stereocenters. The Kier molecular flexibility index (Phi) is 5.84. The smallest absolute Gasteiger partial charge is 0.143 e. The van der Waals surface area contributed by atoms with Crippen molar-refractivity contribution in [2.75, 3.05) is 5.32 Å². The molecule has 0 aliphatic heterocycles. The molecule has 0 radical (unpaired) electrons. The van der Waals surface area contributed by atoms with Crippen LogP contribution in [0.3, 0.4) is 0 Å². The van der Waals surface area contributed by atoms with Crippen LogP contribution >= 0.6 is 39.7 Å². The lowest BCUT2D eigenvalue weighted by Crippen LogP contribution is -1.96. The Labute approximate surface area is 177 Å². The number of halogens is 2. The number of aryl methyl sites for hydroxylation is 3. The molecule has 138 valence electrons. The van der Waals surface area contributed by atoms with Crippen LogP contribution in [0.15, 0.2) is 52.6 Å². The quantitative estimate of drug-likeness (QED) is 0.351. The van der Waals surface area contributed by atoms with Gasteiger partial charge in [-0.15, -0.1) is 23.7 Å². The van der Waals surface area contributed by atoms with Crippen LogP contribution in [0.2, 0.25) is 0 Å². The second-order valence-corrected chi connectivity index (χ2v) is 8.15. The van der Waals surface area contributed by atoms with Crippen molar-refractivity contribution >= 4 is 61.4 Å². The third-order valence-corrected chi connectivity index (χ3v) is 6.36. The molecule has 0 saturated heterocycles. The van der Waals surface area contributed by atoms with E-state index < -0.39 is 0 Å². The second kappa shape index (κ2) is 7.97. The summed E-state index contributed by atoms with van der Waals surface area (Å²) in [6.45, 7) is 6.36. The van der Waals surface area contributed by atoms with Crippen molar-refractivity contribution in [1.29, 1.82) is 0 Å². The van der Waals surface area contributed by atoms with Crippen LogP contribution in [0.4, 0.5) is 11.5 Å². The fourth-order valence-electron chi connectivity index (χ4n) is 2.90. The van der Waals surface area contributed by atoms with Gasteiger partial charge < -0.3 is 5.32 Å². The zero-order valence-corrected chi connectivity index (χ0v) is 18.4. The van der Waals surface area contributed by atoms with Gasteiger partial charge in [0.05, 0.1) is 5.39 Å². The van der Waals surface area contributed by atoms with Gasteiger partial charge >= 0.3 is 0 Å². The van der Waals surface area contributed by atoms with E-state index in [9.17, 15) is 0 Å². The number of thiophene rings is 1. The largest absolute Gasteiger partial charge is 0.340 e. The van der Waals surface area contributed by atoms with Crippen LogP contribution in [0, 0.1) is 20.8 Å². The third-order valence-electron chi connectivity index (χ3n) is 4.62. The van der Waals surface area contributed by atoms with E-state index in [1.807, 2.05) is 0 Å². The van der Waals surface area contributed by atoms with E-state index in [4.69, 9.17) is 0 Å². The van der Waals surface area contributed by atoms with E-state index in [1.165, 1.54) is 27.8 Å². The Balaban J connectivity index is 0.00000210. The van der Waals surface area contributed by atoms with E-state index >= 15 is 0 Å². The molecule has 0 saturated carbocycles. The minimum atomic E-state index is 0. The first-order chi connectivity index (χ1) is 12.5. The lowest BCUT2D eigenvalue weighted by atomic mass is 10.0. The van der Waals surface area contributed by atoms with Gasteiger partial charge in [0.25, 0.3) is 0 Å². The summed E-state index contributed by atoms with van der Waals surface area (Å²) in [6.07, 6.45) is 1.62. The Morgan fingerprint density at radius 1 is 0.926 bits per heavy atom. The van der Waals surface area contributed by atoms with Gasteiger partial charge in [-0.25, -0.2) is 9.97 Å². The van der Waals surface area contributed by atoms with Crippen LogP contribution in [-0.4, -0.2) is 9.97 Å². The predicted molar refractivity (Wildman–Crippen MR) is 122 cm³/mol. The van der Waals surface area contributed by atoms with E-state index in [0.29, 0.717) is 0 Å². The standard InChI is InChI=1S/C21H18BrN3S.ClH/c1-12-4-6-15(8-14(12)3)17-10-26-21-19(17)20(23-11-24-21)25-16-7-5-13(2)18(22)9-16;/h4-11H,1-3H3,(H,23,24,25);1H. The molecule has 6 heteroatoms. The molecule has 3 nitrogen and oxygen atoms in total. The molecule has 0 atom stereocenters. The first-order valence-electron chi connectivity index (χ1n) is 8.36.